The van der Waals surface area contributed by atoms with Gasteiger partial charge < -0.3 is 9.84 Å². The highest BCUT2D eigenvalue weighted by Crippen LogP contribution is 2.53. The second-order valence-electron chi connectivity index (χ2n) is 6.41. The van der Waals surface area contributed by atoms with Crippen molar-refractivity contribution >= 4 is 0 Å². The number of ether oxygens (including phenoxy) is 1. The molecular formula is C14H24O2. The van der Waals surface area contributed by atoms with E-state index < -0.39 is 0 Å². The molecule has 1 N–H and O–H groups in total. The van der Waals surface area contributed by atoms with Gasteiger partial charge in [0.2, 0.25) is 0 Å². The molecule has 3 atom stereocenters. The first-order valence-electron chi connectivity index (χ1n) is 7.00. The van der Waals surface area contributed by atoms with Gasteiger partial charge in [-0.3, -0.25) is 0 Å². The summed E-state index contributed by atoms with van der Waals surface area (Å²) in [6.45, 7) is 2.10. The molecule has 1 aliphatic heterocycles. The molecule has 3 aliphatic rings. The van der Waals surface area contributed by atoms with Crippen LogP contribution in [0.4, 0.5) is 0 Å². The van der Waals surface area contributed by atoms with E-state index >= 15 is 0 Å². The minimum atomic E-state index is 0.216. The molecule has 2 heteroatoms. The summed E-state index contributed by atoms with van der Waals surface area (Å²) >= 11 is 0. The normalized spacial score (nSPS) is 41.4. The zero-order valence-corrected chi connectivity index (χ0v) is 10.2. The van der Waals surface area contributed by atoms with Crippen molar-refractivity contribution in [3.63, 3.8) is 0 Å². The largest absolute Gasteiger partial charge is 0.396 e. The van der Waals surface area contributed by atoms with Gasteiger partial charge in [0.25, 0.3) is 0 Å². The van der Waals surface area contributed by atoms with E-state index in [1.165, 1.54) is 32.1 Å². The van der Waals surface area contributed by atoms with Crippen LogP contribution in [0.3, 0.4) is 0 Å². The van der Waals surface area contributed by atoms with Gasteiger partial charge in [-0.2, -0.15) is 0 Å². The smallest absolute Gasteiger partial charge is 0.0489 e. The first kappa shape index (κ1) is 11.0. The third-order valence-electron chi connectivity index (χ3n) is 5.47. The molecule has 3 fully saturated rings. The Balaban J connectivity index is 1.63. The van der Waals surface area contributed by atoms with Crippen molar-refractivity contribution in [3.8, 4) is 0 Å². The quantitative estimate of drug-likeness (QED) is 0.798. The summed E-state index contributed by atoms with van der Waals surface area (Å²) in [5, 5.41) is 9.72. The maximum absolute atomic E-state index is 9.72. The van der Waals surface area contributed by atoms with Crippen LogP contribution in [-0.2, 0) is 4.74 Å². The summed E-state index contributed by atoms with van der Waals surface area (Å²) in [6, 6.07) is 0. The highest BCUT2D eigenvalue weighted by atomic mass is 16.5. The first-order valence-corrected chi connectivity index (χ1v) is 7.00. The van der Waals surface area contributed by atoms with E-state index in [-0.39, 0.29) is 5.41 Å². The van der Waals surface area contributed by atoms with Crippen LogP contribution >= 0.6 is 0 Å². The average molecular weight is 224 g/mol. The molecule has 2 aliphatic carbocycles. The van der Waals surface area contributed by atoms with Crippen molar-refractivity contribution in [1.29, 1.82) is 0 Å². The molecule has 0 spiro atoms. The Labute approximate surface area is 98.4 Å². The van der Waals surface area contributed by atoms with Gasteiger partial charge in [-0.15, -0.1) is 0 Å². The van der Waals surface area contributed by atoms with Crippen molar-refractivity contribution < 1.29 is 9.84 Å². The molecule has 2 bridgehead atoms. The lowest BCUT2D eigenvalue weighted by Crippen LogP contribution is -2.36. The molecule has 0 aromatic rings. The Kier molecular flexibility index (Phi) is 2.97. The maximum atomic E-state index is 9.72. The summed E-state index contributed by atoms with van der Waals surface area (Å²) in [6.07, 6.45) is 9.32. The van der Waals surface area contributed by atoms with Gasteiger partial charge >= 0.3 is 0 Å². The highest BCUT2D eigenvalue weighted by molar-refractivity contribution is 4.94. The Bertz CT molecular complexity index is 245. The van der Waals surface area contributed by atoms with E-state index in [9.17, 15) is 5.11 Å². The lowest BCUT2D eigenvalue weighted by Gasteiger charge is -2.39. The molecule has 1 heterocycles. The van der Waals surface area contributed by atoms with Crippen molar-refractivity contribution in [2.45, 2.75) is 44.9 Å². The molecule has 0 radical (unpaired) electrons. The highest BCUT2D eigenvalue weighted by Gasteiger charge is 2.44. The first-order chi connectivity index (χ1) is 7.81. The summed E-state index contributed by atoms with van der Waals surface area (Å²) in [5.74, 6) is 2.95. The summed E-state index contributed by atoms with van der Waals surface area (Å²) in [7, 11) is 0. The third-order valence-corrected chi connectivity index (χ3v) is 5.47. The molecule has 16 heavy (non-hydrogen) atoms. The molecule has 0 amide bonds. The summed E-state index contributed by atoms with van der Waals surface area (Å²) < 4.78 is 5.44. The predicted molar refractivity (Wildman–Crippen MR) is 63.1 cm³/mol. The van der Waals surface area contributed by atoms with Crippen LogP contribution in [-0.4, -0.2) is 24.9 Å². The molecule has 0 aromatic carbocycles. The van der Waals surface area contributed by atoms with Crippen molar-refractivity contribution in [2.24, 2.45) is 23.2 Å². The van der Waals surface area contributed by atoms with Crippen LogP contribution in [0.25, 0.3) is 0 Å². The van der Waals surface area contributed by atoms with Crippen LogP contribution in [0.1, 0.15) is 44.9 Å². The van der Waals surface area contributed by atoms with Crippen LogP contribution in [0.2, 0.25) is 0 Å². The minimum absolute atomic E-state index is 0.216. The Hall–Kier alpha value is -0.0800. The summed E-state index contributed by atoms with van der Waals surface area (Å²) in [4.78, 5) is 0. The predicted octanol–water partition coefficient (Wildman–Crippen LogP) is 2.60. The molecule has 1 saturated heterocycles. The van der Waals surface area contributed by atoms with Crippen molar-refractivity contribution in [2.75, 3.05) is 19.8 Å². The fourth-order valence-corrected chi connectivity index (χ4v) is 4.41. The van der Waals surface area contributed by atoms with Gasteiger partial charge in [0.15, 0.2) is 0 Å². The Morgan fingerprint density at radius 3 is 2.50 bits per heavy atom. The van der Waals surface area contributed by atoms with Gasteiger partial charge in [-0.05, 0) is 61.7 Å². The molecule has 2 saturated carbocycles. The topological polar surface area (TPSA) is 29.5 Å². The monoisotopic (exact) mass is 224 g/mol. The van der Waals surface area contributed by atoms with Gasteiger partial charge in [-0.25, -0.2) is 0 Å². The van der Waals surface area contributed by atoms with Crippen LogP contribution in [0, 0.1) is 23.2 Å². The SMILES string of the molecule is OCC1(CC2CC3CCC2C3)CCOCC1. The fraction of sp³-hybridized carbons (Fsp3) is 1.00. The van der Waals surface area contributed by atoms with E-state index in [1.54, 1.807) is 0 Å². The van der Waals surface area contributed by atoms with Crippen molar-refractivity contribution in [3.05, 3.63) is 0 Å². The van der Waals surface area contributed by atoms with Gasteiger partial charge in [0, 0.05) is 19.8 Å². The Morgan fingerprint density at radius 1 is 1.12 bits per heavy atom. The molecule has 2 nitrogen and oxygen atoms in total. The van der Waals surface area contributed by atoms with E-state index in [4.69, 9.17) is 4.74 Å². The maximum Gasteiger partial charge on any atom is 0.0489 e. The van der Waals surface area contributed by atoms with Crippen LogP contribution in [0.15, 0.2) is 0 Å². The lowest BCUT2D eigenvalue weighted by molar-refractivity contribution is -0.0331. The van der Waals surface area contributed by atoms with Gasteiger partial charge in [0.05, 0.1) is 0 Å². The van der Waals surface area contributed by atoms with E-state index in [1.807, 2.05) is 0 Å². The van der Waals surface area contributed by atoms with E-state index in [2.05, 4.69) is 0 Å². The summed E-state index contributed by atoms with van der Waals surface area (Å²) in [5.41, 5.74) is 0.216. The Morgan fingerprint density at radius 2 is 1.94 bits per heavy atom. The zero-order chi connectivity index (χ0) is 11.0. The second-order valence-corrected chi connectivity index (χ2v) is 6.41. The molecule has 92 valence electrons. The molecular weight excluding hydrogens is 200 g/mol. The molecule has 0 aromatic heterocycles. The number of aliphatic hydroxyl groups is 1. The lowest BCUT2D eigenvalue weighted by atomic mass is 9.70. The van der Waals surface area contributed by atoms with Crippen LogP contribution < -0.4 is 0 Å². The van der Waals surface area contributed by atoms with E-state index in [0.717, 1.165) is 43.8 Å². The second kappa shape index (κ2) is 4.30. The number of rotatable bonds is 3. The molecule has 3 rings (SSSR count). The number of hydrogen-bond acceptors (Lipinski definition) is 2. The number of aliphatic hydroxyl groups excluding tert-OH is 1. The molecule has 3 unspecified atom stereocenters. The number of fused-ring (bicyclic) bond motifs is 2. The third kappa shape index (κ3) is 1.91. The average Bonchev–Trinajstić information content (AvgIpc) is 2.92. The van der Waals surface area contributed by atoms with Crippen molar-refractivity contribution in [1.82, 2.24) is 0 Å². The van der Waals surface area contributed by atoms with Gasteiger partial charge in [-0.1, -0.05) is 6.42 Å². The van der Waals surface area contributed by atoms with Crippen LogP contribution in [0.5, 0.6) is 0 Å². The zero-order valence-electron chi connectivity index (χ0n) is 10.2. The number of hydrogen-bond donors (Lipinski definition) is 1. The fourth-order valence-electron chi connectivity index (χ4n) is 4.41. The standard InChI is InChI=1S/C14H24O2/c15-10-14(3-5-16-6-4-14)9-13-8-11-1-2-12(13)7-11/h11-13,15H,1-10H2. The van der Waals surface area contributed by atoms with E-state index in [0.29, 0.717) is 6.61 Å². The van der Waals surface area contributed by atoms with Gasteiger partial charge in [0.1, 0.15) is 0 Å². The minimum Gasteiger partial charge on any atom is -0.396 e.